The monoisotopic (exact) mass is 366 g/mol. The predicted octanol–water partition coefficient (Wildman–Crippen LogP) is 4.91. The number of rotatable bonds is 4. The van der Waals surface area contributed by atoms with Crippen LogP contribution in [0.5, 0.6) is 0 Å². The van der Waals surface area contributed by atoms with Crippen LogP contribution in [0.25, 0.3) is 0 Å². The SMILES string of the molecule is O=C(Cc1ccc(Cl)cc1Cl)Nc1ccc(N2CCCC2)c(F)c1. The van der Waals surface area contributed by atoms with E-state index in [9.17, 15) is 9.18 Å². The van der Waals surface area contributed by atoms with Crippen molar-refractivity contribution in [1.29, 1.82) is 0 Å². The smallest absolute Gasteiger partial charge is 0.228 e. The highest BCUT2D eigenvalue weighted by molar-refractivity contribution is 6.35. The van der Waals surface area contributed by atoms with E-state index >= 15 is 0 Å². The maximum atomic E-state index is 14.3. The first-order valence-electron chi connectivity index (χ1n) is 7.81. The van der Waals surface area contributed by atoms with Crippen molar-refractivity contribution in [2.24, 2.45) is 0 Å². The summed E-state index contributed by atoms with van der Waals surface area (Å²) >= 11 is 11.9. The van der Waals surface area contributed by atoms with E-state index in [1.165, 1.54) is 6.07 Å². The van der Waals surface area contributed by atoms with Gasteiger partial charge in [0.25, 0.3) is 0 Å². The topological polar surface area (TPSA) is 32.3 Å². The molecule has 1 saturated heterocycles. The fourth-order valence-corrected chi connectivity index (χ4v) is 3.32. The summed E-state index contributed by atoms with van der Waals surface area (Å²) in [5.41, 5.74) is 1.70. The number of hydrogen-bond donors (Lipinski definition) is 1. The van der Waals surface area contributed by atoms with E-state index in [1.807, 2.05) is 4.90 Å². The van der Waals surface area contributed by atoms with Gasteiger partial charge in [0.15, 0.2) is 0 Å². The van der Waals surface area contributed by atoms with Crippen LogP contribution in [0, 0.1) is 5.82 Å². The minimum absolute atomic E-state index is 0.103. The molecule has 2 aromatic rings. The molecule has 1 aliphatic rings. The lowest BCUT2D eigenvalue weighted by Crippen LogP contribution is -2.19. The van der Waals surface area contributed by atoms with Gasteiger partial charge in [-0.3, -0.25) is 4.79 Å². The van der Waals surface area contributed by atoms with Gasteiger partial charge in [-0.25, -0.2) is 4.39 Å². The van der Waals surface area contributed by atoms with Crippen LogP contribution >= 0.6 is 23.2 Å². The van der Waals surface area contributed by atoms with Gasteiger partial charge in [0.2, 0.25) is 5.91 Å². The van der Waals surface area contributed by atoms with Gasteiger partial charge in [0.05, 0.1) is 12.1 Å². The number of hydrogen-bond acceptors (Lipinski definition) is 2. The van der Waals surface area contributed by atoms with Crippen molar-refractivity contribution in [2.45, 2.75) is 19.3 Å². The largest absolute Gasteiger partial charge is 0.369 e. The molecule has 0 bridgehead atoms. The van der Waals surface area contributed by atoms with Gasteiger partial charge in [-0.05, 0) is 48.7 Å². The molecule has 0 radical (unpaired) electrons. The number of amides is 1. The fraction of sp³-hybridized carbons (Fsp3) is 0.278. The van der Waals surface area contributed by atoms with Crippen LogP contribution in [0.4, 0.5) is 15.8 Å². The molecular weight excluding hydrogens is 350 g/mol. The van der Waals surface area contributed by atoms with E-state index in [2.05, 4.69) is 5.32 Å². The summed E-state index contributed by atoms with van der Waals surface area (Å²) in [4.78, 5) is 14.2. The zero-order valence-electron chi connectivity index (χ0n) is 13.0. The lowest BCUT2D eigenvalue weighted by atomic mass is 10.1. The Bertz CT molecular complexity index is 761. The minimum Gasteiger partial charge on any atom is -0.369 e. The van der Waals surface area contributed by atoms with E-state index in [1.54, 1.807) is 30.3 Å². The van der Waals surface area contributed by atoms with Gasteiger partial charge >= 0.3 is 0 Å². The van der Waals surface area contributed by atoms with Crippen LogP contribution in [0.1, 0.15) is 18.4 Å². The van der Waals surface area contributed by atoms with E-state index in [0.717, 1.165) is 25.9 Å². The van der Waals surface area contributed by atoms with Crippen molar-refractivity contribution in [3.8, 4) is 0 Å². The van der Waals surface area contributed by atoms with Crippen molar-refractivity contribution in [1.82, 2.24) is 0 Å². The van der Waals surface area contributed by atoms with Crippen LogP contribution in [-0.2, 0) is 11.2 Å². The van der Waals surface area contributed by atoms with Crippen LogP contribution in [-0.4, -0.2) is 19.0 Å². The van der Waals surface area contributed by atoms with Crippen molar-refractivity contribution in [3.05, 3.63) is 57.8 Å². The van der Waals surface area contributed by atoms with Crippen LogP contribution in [0.15, 0.2) is 36.4 Å². The second kappa shape index (κ2) is 7.41. The van der Waals surface area contributed by atoms with Crippen LogP contribution < -0.4 is 10.2 Å². The summed E-state index contributed by atoms with van der Waals surface area (Å²) < 4.78 is 14.3. The molecule has 1 fully saturated rings. The molecule has 3 nitrogen and oxygen atoms in total. The Morgan fingerprint density at radius 3 is 2.54 bits per heavy atom. The fourth-order valence-electron chi connectivity index (χ4n) is 2.84. The minimum atomic E-state index is -0.320. The summed E-state index contributed by atoms with van der Waals surface area (Å²) in [6.07, 6.45) is 2.27. The number of halogens is 3. The third-order valence-electron chi connectivity index (χ3n) is 4.04. The predicted molar refractivity (Wildman–Crippen MR) is 96.6 cm³/mol. The Morgan fingerprint density at radius 2 is 1.88 bits per heavy atom. The summed E-state index contributed by atoms with van der Waals surface area (Å²) in [7, 11) is 0. The molecule has 0 aromatic heterocycles. The summed E-state index contributed by atoms with van der Waals surface area (Å²) in [5, 5.41) is 3.66. The van der Waals surface area contributed by atoms with Gasteiger partial charge < -0.3 is 10.2 Å². The molecule has 0 saturated carbocycles. The Morgan fingerprint density at radius 1 is 1.12 bits per heavy atom. The molecule has 2 aromatic carbocycles. The normalized spacial score (nSPS) is 14.0. The molecule has 6 heteroatoms. The Kier molecular flexibility index (Phi) is 5.27. The van der Waals surface area contributed by atoms with Gasteiger partial charge in [0.1, 0.15) is 5.82 Å². The molecule has 1 amide bonds. The number of carbonyl (C=O) groups is 1. The van der Waals surface area contributed by atoms with Crippen molar-refractivity contribution in [2.75, 3.05) is 23.3 Å². The molecule has 24 heavy (non-hydrogen) atoms. The lowest BCUT2D eigenvalue weighted by Gasteiger charge is -2.18. The first-order chi connectivity index (χ1) is 11.5. The number of nitrogens with one attached hydrogen (secondary N) is 1. The van der Waals surface area contributed by atoms with Crippen molar-refractivity contribution < 1.29 is 9.18 Å². The second-order valence-electron chi connectivity index (χ2n) is 5.82. The molecule has 0 atom stereocenters. The third-order valence-corrected chi connectivity index (χ3v) is 4.63. The maximum absolute atomic E-state index is 14.3. The first kappa shape index (κ1) is 17.1. The van der Waals surface area contributed by atoms with Gasteiger partial charge in [-0.15, -0.1) is 0 Å². The first-order valence-corrected chi connectivity index (χ1v) is 8.57. The highest BCUT2D eigenvalue weighted by atomic mass is 35.5. The van der Waals surface area contributed by atoms with Gasteiger partial charge in [-0.1, -0.05) is 29.3 Å². The molecular formula is C18H17Cl2FN2O. The number of benzene rings is 2. The quantitative estimate of drug-likeness (QED) is 0.833. The van der Waals surface area contributed by atoms with Crippen molar-refractivity contribution in [3.63, 3.8) is 0 Å². The van der Waals surface area contributed by atoms with E-state index in [0.29, 0.717) is 27.0 Å². The lowest BCUT2D eigenvalue weighted by molar-refractivity contribution is -0.115. The molecule has 0 spiro atoms. The van der Waals surface area contributed by atoms with E-state index in [-0.39, 0.29) is 18.1 Å². The highest BCUT2D eigenvalue weighted by Crippen LogP contribution is 2.26. The van der Waals surface area contributed by atoms with Crippen LogP contribution in [0.2, 0.25) is 10.0 Å². The maximum Gasteiger partial charge on any atom is 0.228 e. The van der Waals surface area contributed by atoms with E-state index in [4.69, 9.17) is 23.2 Å². The zero-order valence-corrected chi connectivity index (χ0v) is 14.5. The average Bonchev–Trinajstić information content (AvgIpc) is 3.04. The molecule has 3 rings (SSSR count). The molecule has 0 aliphatic carbocycles. The number of nitrogens with zero attached hydrogens (tertiary/aromatic N) is 1. The van der Waals surface area contributed by atoms with Crippen LogP contribution in [0.3, 0.4) is 0 Å². The zero-order chi connectivity index (χ0) is 17.1. The number of anilines is 2. The van der Waals surface area contributed by atoms with Crippen molar-refractivity contribution >= 4 is 40.5 Å². The summed E-state index contributed by atoms with van der Waals surface area (Å²) in [5.74, 6) is -0.577. The Hall–Kier alpha value is -1.78. The molecule has 1 aliphatic heterocycles. The molecule has 1 N–H and O–H groups in total. The third kappa shape index (κ3) is 4.00. The number of carbonyl (C=O) groups excluding carboxylic acids is 1. The molecule has 126 valence electrons. The van der Waals surface area contributed by atoms with E-state index < -0.39 is 0 Å². The van der Waals surface area contributed by atoms with Gasteiger partial charge in [-0.2, -0.15) is 0 Å². The molecule has 0 unspecified atom stereocenters. The average molecular weight is 367 g/mol. The second-order valence-corrected chi connectivity index (χ2v) is 6.66. The molecule has 1 heterocycles. The highest BCUT2D eigenvalue weighted by Gasteiger charge is 2.16. The van der Waals surface area contributed by atoms with Gasteiger partial charge in [0, 0.05) is 28.8 Å². The summed E-state index contributed by atoms with van der Waals surface area (Å²) in [6, 6.07) is 9.77. The standard InChI is InChI=1S/C18H17Cl2FN2O/c19-13-4-3-12(15(20)10-13)9-18(24)22-14-5-6-17(16(21)11-14)23-7-1-2-8-23/h3-6,10-11H,1-2,7-9H2,(H,22,24). The Labute approximate surface area is 150 Å². The summed E-state index contributed by atoms with van der Waals surface area (Å²) in [6.45, 7) is 1.75. The Balaban J connectivity index is 1.67.